The molecule has 0 rings (SSSR count). The van der Waals surface area contributed by atoms with Crippen LogP contribution in [0.25, 0.3) is 0 Å². The quantitative estimate of drug-likeness (QED) is 0.391. The third-order valence-corrected chi connectivity index (χ3v) is 2.20. The molecule has 0 aromatic rings. The van der Waals surface area contributed by atoms with Gasteiger partial charge in [0.15, 0.2) is 0 Å². The minimum atomic E-state index is -1.58. The zero-order chi connectivity index (χ0) is 14.0. The largest absolute Gasteiger partial charge is 0.466 e. The van der Waals surface area contributed by atoms with E-state index in [2.05, 4.69) is 0 Å². The molecule has 0 aromatic carbocycles. The second-order valence-corrected chi connectivity index (χ2v) is 6.22. The maximum Gasteiger partial charge on any atom is 0.305 e. The van der Waals surface area contributed by atoms with Crippen LogP contribution in [0.5, 0.6) is 0 Å². The molecule has 0 heterocycles. The van der Waals surface area contributed by atoms with Crippen molar-refractivity contribution in [3.63, 3.8) is 0 Å². The first-order chi connectivity index (χ1) is 8.35. The monoisotopic (exact) mass is 318 g/mol. The zero-order valence-corrected chi connectivity index (χ0v) is 12.5. The molecule has 0 fully saturated rings. The summed E-state index contributed by atoms with van der Waals surface area (Å²) in [4.78, 5) is 22.3. The Morgan fingerprint density at radius 1 is 1.00 bits per heavy atom. The van der Waals surface area contributed by atoms with E-state index in [0.717, 1.165) is 6.42 Å². The van der Waals surface area contributed by atoms with Crippen molar-refractivity contribution in [1.82, 2.24) is 0 Å². The van der Waals surface area contributed by atoms with E-state index in [1.165, 1.54) is 0 Å². The highest BCUT2D eigenvalue weighted by atomic mass is 35.6. The van der Waals surface area contributed by atoms with E-state index in [9.17, 15) is 9.59 Å². The van der Waals surface area contributed by atoms with Crippen LogP contribution in [0, 0.1) is 0 Å². The molecule has 0 unspecified atom stereocenters. The second kappa shape index (κ2) is 9.70. The molecule has 0 aliphatic heterocycles. The number of ether oxygens (including phenoxy) is 2. The number of unbranched alkanes of at least 4 members (excludes halogenated alkanes) is 1. The highest BCUT2D eigenvalue weighted by Gasteiger charge is 2.21. The number of rotatable bonds is 8. The lowest BCUT2D eigenvalue weighted by Gasteiger charge is -2.10. The number of hydrogen-bond acceptors (Lipinski definition) is 4. The lowest BCUT2D eigenvalue weighted by Crippen LogP contribution is -2.17. The van der Waals surface area contributed by atoms with Crippen LogP contribution in [0.3, 0.4) is 0 Å². The molecule has 0 aromatic heterocycles. The SMILES string of the molecule is CCCOC(=O)CCCCC(=O)OCC(Cl)(Cl)Cl. The van der Waals surface area contributed by atoms with Gasteiger partial charge in [-0.3, -0.25) is 9.59 Å². The molecule has 18 heavy (non-hydrogen) atoms. The summed E-state index contributed by atoms with van der Waals surface area (Å²) in [5, 5.41) is 0. The Bertz CT molecular complexity index is 264. The third-order valence-electron chi connectivity index (χ3n) is 1.88. The van der Waals surface area contributed by atoms with Crippen LogP contribution >= 0.6 is 34.8 Å². The van der Waals surface area contributed by atoms with Gasteiger partial charge in [-0.05, 0) is 19.3 Å². The van der Waals surface area contributed by atoms with Crippen LogP contribution in [0.15, 0.2) is 0 Å². The Balaban J connectivity index is 3.49. The van der Waals surface area contributed by atoms with Crippen molar-refractivity contribution < 1.29 is 19.1 Å². The molecule has 0 spiro atoms. The van der Waals surface area contributed by atoms with Gasteiger partial charge in [-0.2, -0.15) is 0 Å². The summed E-state index contributed by atoms with van der Waals surface area (Å²) in [5.74, 6) is -0.685. The van der Waals surface area contributed by atoms with Crippen molar-refractivity contribution in [2.75, 3.05) is 13.2 Å². The van der Waals surface area contributed by atoms with E-state index in [-0.39, 0.29) is 19.0 Å². The van der Waals surface area contributed by atoms with Gasteiger partial charge in [-0.15, -0.1) is 0 Å². The summed E-state index contributed by atoms with van der Waals surface area (Å²) < 4.78 is 8.03. The zero-order valence-electron chi connectivity index (χ0n) is 10.2. The first-order valence-electron chi connectivity index (χ1n) is 5.73. The molecule has 0 aliphatic carbocycles. The van der Waals surface area contributed by atoms with Gasteiger partial charge in [0.1, 0.15) is 6.61 Å². The molecule has 0 saturated heterocycles. The average molecular weight is 320 g/mol. The second-order valence-electron chi connectivity index (χ2n) is 3.70. The molecule has 7 heteroatoms. The number of hydrogen-bond donors (Lipinski definition) is 0. The number of alkyl halides is 3. The summed E-state index contributed by atoms with van der Waals surface area (Å²) in [5.41, 5.74) is 0. The Labute approximate surface area is 122 Å². The molecule has 0 N–H and O–H groups in total. The van der Waals surface area contributed by atoms with Gasteiger partial charge in [0.25, 0.3) is 0 Å². The van der Waals surface area contributed by atoms with Crippen LogP contribution in [-0.2, 0) is 19.1 Å². The predicted octanol–water partition coefficient (Wildman–Crippen LogP) is 3.41. The van der Waals surface area contributed by atoms with Crippen LogP contribution < -0.4 is 0 Å². The van der Waals surface area contributed by atoms with E-state index < -0.39 is 9.76 Å². The molecule has 0 bridgehead atoms. The van der Waals surface area contributed by atoms with Crippen molar-refractivity contribution in [1.29, 1.82) is 0 Å². The predicted molar refractivity (Wildman–Crippen MR) is 71.0 cm³/mol. The van der Waals surface area contributed by atoms with Crippen molar-refractivity contribution in [2.45, 2.75) is 42.8 Å². The van der Waals surface area contributed by atoms with Crippen LogP contribution in [0.4, 0.5) is 0 Å². The molecule has 106 valence electrons. The topological polar surface area (TPSA) is 52.6 Å². The van der Waals surface area contributed by atoms with E-state index in [0.29, 0.717) is 25.9 Å². The number of carbonyl (C=O) groups excluding carboxylic acids is 2. The fraction of sp³-hybridized carbons (Fsp3) is 0.818. The van der Waals surface area contributed by atoms with E-state index in [1.807, 2.05) is 6.92 Å². The molecule has 0 atom stereocenters. The molecule has 0 amide bonds. The van der Waals surface area contributed by atoms with E-state index in [1.54, 1.807) is 0 Å². The minimum absolute atomic E-state index is 0.196. The minimum Gasteiger partial charge on any atom is -0.466 e. The molecule has 4 nitrogen and oxygen atoms in total. The number of halogens is 3. The van der Waals surface area contributed by atoms with Gasteiger partial charge < -0.3 is 9.47 Å². The standard InChI is InChI=1S/C11H17Cl3O4/c1-2-7-17-9(15)5-3-4-6-10(16)18-8-11(12,13)14/h2-8H2,1H3. The molecular formula is C11H17Cl3O4. The number of esters is 2. The molecule has 0 saturated carbocycles. The lowest BCUT2D eigenvalue weighted by atomic mass is 10.2. The highest BCUT2D eigenvalue weighted by Crippen LogP contribution is 2.26. The van der Waals surface area contributed by atoms with E-state index in [4.69, 9.17) is 44.3 Å². The fourth-order valence-electron chi connectivity index (χ4n) is 1.06. The third kappa shape index (κ3) is 12.3. The normalized spacial score (nSPS) is 11.1. The Morgan fingerprint density at radius 3 is 1.94 bits per heavy atom. The molecule has 0 aliphatic rings. The Hall–Kier alpha value is -0.190. The molecule has 0 radical (unpaired) electrons. The van der Waals surface area contributed by atoms with Gasteiger partial charge in [0.05, 0.1) is 6.61 Å². The Kier molecular flexibility index (Phi) is 9.60. The van der Waals surface area contributed by atoms with Gasteiger partial charge in [-0.25, -0.2) is 0 Å². The number of carbonyl (C=O) groups is 2. The van der Waals surface area contributed by atoms with Crippen molar-refractivity contribution in [3.8, 4) is 0 Å². The van der Waals surface area contributed by atoms with Crippen molar-refractivity contribution >= 4 is 46.7 Å². The van der Waals surface area contributed by atoms with Crippen LogP contribution in [-0.4, -0.2) is 28.9 Å². The average Bonchev–Trinajstić information content (AvgIpc) is 2.28. The fourth-order valence-corrected chi connectivity index (χ4v) is 1.22. The summed E-state index contributed by atoms with van der Waals surface area (Å²) in [6.45, 7) is 2.09. The maximum absolute atomic E-state index is 11.2. The maximum atomic E-state index is 11.2. The highest BCUT2D eigenvalue weighted by molar-refractivity contribution is 6.67. The molecular weight excluding hydrogens is 302 g/mol. The van der Waals surface area contributed by atoms with Gasteiger partial charge in [0.2, 0.25) is 3.79 Å². The first-order valence-corrected chi connectivity index (χ1v) is 6.86. The van der Waals surface area contributed by atoms with Crippen molar-refractivity contribution in [3.05, 3.63) is 0 Å². The smallest absolute Gasteiger partial charge is 0.305 e. The summed E-state index contributed by atoms with van der Waals surface area (Å²) in [7, 11) is 0. The van der Waals surface area contributed by atoms with Crippen molar-refractivity contribution in [2.24, 2.45) is 0 Å². The summed E-state index contributed by atoms with van der Waals surface area (Å²) in [6.07, 6.45) is 2.42. The van der Waals surface area contributed by atoms with Gasteiger partial charge in [-0.1, -0.05) is 41.7 Å². The van der Waals surface area contributed by atoms with E-state index >= 15 is 0 Å². The first kappa shape index (κ1) is 17.8. The summed E-state index contributed by atoms with van der Waals surface area (Å²) >= 11 is 16.3. The lowest BCUT2D eigenvalue weighted by molar-refractivity contribution is -0.145. The van der Waals surface area contributed by atoms with Crippen LogP contribution in [0.2, 0.25) is 0 Å². The summed E-state index contributed by atoms with van der Waals surface area (Å²) in [6, 6.07) is 0. The van der Waals surface area contributed by atoms with Gasteiger partial charge >= 0.3 is 11.9 Å². The Morgan fingerprint density at radius 2 is 1.50 bits per heavy atom. The van der Waals surface area contributed by atoms with Crippen LogP contribution in [0.1, 0.15) is 39.0 Å². The van der Waals surface area contributed by atoms with Gasteiger partial charge in [0, 0.05) is 12.8 Å².